The molecular formula is C18H26N4O4S. The highest BCUT2D eigenvalue weighted by atomic mass is 32.2. The van der Waals surface area contributed by atoms with Crippen molar-refractivity contribution in [1.82, 2.24) is 19.4 Å². The summed E-state index contributed by atoms with van der Waals surface area (Å²) in [4.78, 5) is 27.7. The fourth-order valence-electron chi connectivity index (χ4n) is 3.42. The van der Waals surface area contributed by atoms with Crippen LogP contribution in [0.3, 0.4) is 0 Å². The largest absolute Gasteiger partial charge is 0.354 e. The van der Waals surface area contributed by atoms with Crippen LogP contribution in [0, 0.1) is 13.8 Å². The summed E-state index contributed by atoms with van der Waals surface area (Å²) in [6.07, 6.45) is 0. The fraction of sp³-hybridized carbons (Fsp3) is 0.556. The van der Waals surface area contributed by atoms with E-state index in [1.807, 2.05) is 24.0 Å². The maximum absolute atomic E-state index is 13.0. The van der Waals surface area contributed by atoms with Gasteiger partial charge in [0.25, 0.3) is 0 Å². The summed E-state index contributed by atoms with van der Waals surface area (Å²) in [7, 11) is -3.57. The van der Waals surface area contributed by atoms with Crippen LogP contribution in [0.2, 0.25) is 0 Å². The van der Waals surface area contributed by atoms with E-state index >= 15 is 0 Å². The lowest BCUT2D eigenvalue weighted by Crippen LogP contribution is -2.55. The molecule has 27 heavy (non-hydrogen) atoms. The molecule has 148 valence electrons. The van der Waals surface area contributed by atoms with Gasteiger partial charge in [-0.15, -0.1) is 0 Å². The Morgan fingerprint density at radius 1 is 1.11 bits per heavy atom. The van der Waals surface area contributed by atoms with Crippen molar-refractivity contribution in [1.29, 1.82) is 0 Å². The minimum atomic E-state index is -3.57. The molecule has 1 N–H and O–H groups in total. The molecule has 2 aliphatic rings. The number of aryl methyl sites for hydroxylation is 2. The maximum atomic E-state index is 13.0. The lowest BCUT2D eigenvalue weighted by atomic mass is 10.2. The third-order valence-corrected chi connectivity index (χ3v) is 7.07. The molecular weight excluding hydrogens is 368 g/mol. The standard InChI is InChI=1S/C18H26N4O4S/c1-14-3-4-15(2)16(11-14)27(25,26)22-9-7-21(8-10-22)18(24)13-20-6-5-19-17(23)12-20/h3-4,11H,5-10,12-13H2,1-2H3,(H,19,23). The normalized spacial score (nSPS) is 19.8. The summed E-state index contributed by atoms with van der Waals surface area (Å²) >= 11 is 0. The van der Waals surface area contributed by atoms with Gasteiger partial charge in [0.15, 0.2) is 0 Å². The van der Waals surface area contributed by atoms with Gasteiger partial charge in [-0.1, -0.05) is 12.1 Å². The third kappa shape index (κ3) is 4.48. The molecule has 0 aliphatic carbocycles. The van der Waals surface area contributed by atoms with Crippen LogP contribution in [0.5, 0.6) is 0 Å². The van der Waals surface area contributed by atoms with Gasteiger partial charge in [-0.25, -0.2) is 8.42 Å². The highest BCUT2D eigenvalue weighted by Gasteiger charge is 2.31. The number of rotatable bonds is 4. The van der Waals surface area contributed by atoms with Crippen molar-refractivity contribution in [3.05, 3.63) is 29.3 Å². The number of amides is 2. The molecule has 0 bridgehead atoms. The van der Waals surface area contributed by atoms with Crippen molar-refractivity contribution in [2.24, 2.45) is 0 Å². The van der Waals surface area contributed by atoms with Gasteiger partial charge in [-0.3, -0.25) is 14.5 Å². The molecule has 1 aromatic carbocycles. The average molecular weight is 394 g/mol. The predicted molar refractivity (Wildman–Crippen MR) is 101 cm³/mol. The van der Waals surface area contributed by atoms with Crippen LogP contribution in [0.15, 0.2) is 23.1 Å². The molecule has 9 heteroatoms. The first-order valence-corrected chi connectivity index (χ1v) is 10.6. The van der Waals surface area contributed by atoms with E-state index in [2.05, 4.69) is 5.32 Å². The first kappa shape index (κ1) is 19.8. The topological polar surface area (TPSA) is 90.0 Å². The monoisotopic (exact) mass is 394 g/mol. The smallest absolute Gasteiger partial charge is 0.243 e. The van der Waals surface area contributed by atoms with Crippen LogP contribution in [-0.4, -0.2) is 86.7 Å². The highest BCUT2D eigenvalue weighted by molar-refractivity contribution is 7.89. The van der Waals surface area contributed by atoms with Gasteiger partial charge < -0.3 is 10.2 Å². The van der Waals surface area contributed by atoms with Gasteiger partial charge in [0.1, 0.15) is 0 Å². The van der Waals surface area contributed by atoms with E-state index in [-0.39, 0.29) is 38.0 Å². The minimum absolute atomic E-state index is 0.0616. The molecule has 8 nitrogen and oxygen atoms in total. The predicted octanol–water partition coefficient (Wildman–Crippen LogP) is -0.432. The fourth-order valence-corrected chi connectivity index (χ4v) is 5.15. The number of piperazine rings is 2. The van der Waals surface area contributed by atoms with Gasteiger partial charge in [-0.2, -0.15) is 4.31 Å². The van der Waals surface area contributed by atoms with Crippen LogP contribution in [-0.2, 0) is 19.6 Å². The van der Waals surface area contributed by atoms with Crippen LogP contribution in [0.4, 0.5) is 0 Å². The summed E-state index contributed by atoms with van der Waals surface area (Å²) in [6.45, 7) is 6.57. The summed E-state index contributed by atoms with van der Waals surface area (Å²) < 4.78 is 27.4. The minimum Gasteiger partial charge on any atom is -0.354 e. The van der Waals surface area contributed by atoms with E-state index in [0.29, 0.717) is 31.1 Å². The third-order valence-electron chi connectivity index (χ3n) is 5.03. The van der Waals surface area contributed by atoms with Crippen molar-refractivity contribution in [2.45, 2.75) is 18.7 Å². The van der Waals surface area contributed by atoms with E-state index in [0.717, 1.165) is 11.1 Å². The number of sulfonamides is 1. The van der Waals surface area contributed by atoms with Crippen LogP contribution >= 0.6 is 0 Å². The molecule has 2 heterocycles. The molecule has 0 atom stereocenters. The van der Waals surface area contributed by atoms with E-state index in [1.165, 1.54) is 4.31 Å². The second kappa shape index (κ2) is 7.95. The number of hydrogen-bond acceptors (Lipinski definition) is 5. The molecule has 2 saturated heterocycles. The van der Waals surface area contributed by atoms with E-state index in [9.17, 15) is 18.0 Å². The molecule has 1 aromatic rings. The number of carbonyl (C=O) groups excluding carboxylic acids is 2. The molecule has 2 aliphatic heterocycles. The number of hydrogen-bond donors (Lipinski definition) is 1. The molecule has 0 spiro atoms. The summed E-state index contributed by atoms with van der Waals surface area (Å²) in [5.41, 5.74) is 1.63. The molecule has 3 rings (SSSR count). The van der Waals surface area contributed by atoms with Crippen LogP contribution < -0.4 is 5.32 Å². The van der Waals surface area contributed by atoms with Crippen molar-refractivity contribution >= 4 is 21.8 Å². The molecule has 0 aromatic heterocycles. The van der Waals surface area contributed by atoms with Gasteiger partial charge >= 0.3 is 0 Å². The number of nitrogens with one attached hydrogen (secondary N) is 1. The van der Waals surface area contributed by atoms with Crippen LogP contribution in [0.25, 0.3) is 0 Å². The highest BCUT2D eigenvalue weighted by Crippen LogP contribution is 2.22. The second-order valence-corrected chi connectivity index (χ2v) is 9.02. The molecule has 2 fully saturated rings. The Kier molecular flexibility index (Phi) is 5.83. The molecule has 2 amide bonds. The Morgan fingerprint density at radius 3 is 2.48 bits per heavy atom. The zero-order chi connectivity index (χ0) is 19.6. The zero-order valence-corrected chi connectivity index (χ0v) is 16.6. The van der Waals surface area contributed by atoms with Crippen LogP contribution in [0.1, 0.15) is 11.1 Å². The quantitative estimate of drug-likeness (QED) is 0.748. The SMILES string of the molecule is Cc1ccc(C)c(S(=O)(=O)N2CCN(C(=O)CN3CCNC(=O)C3)CC2)c1. The first-order chi connectivity index (χ1) is 12.8. The Bertz CT molecular complexity index is 832. The van der Waals surface area contributed by atoms with Gasteiger partial charge in [0.05, 0.1) is 18.0 Å². The van der Waals surface area contributed by atoms with Crippen molar-refractivity contribution in [2.75, 3.05) is 52.4 Å². The lowest BCUT2D eigenvalue weighted by molar-refractivity contribution is -0.135. The molecule has 0 radical (unpaired) electrons. The number of benzene rings is 1. The number of nitrogens with zero attached hydrogens (tertiary/aromatic N) is 3. The van der Waals surface area contributed by atoms with Crippen molar-refractivity contribution < 1.29 is 18.0 Å². The summed E-state index contributed by atoms with van der Waals surface area (Å²) in [5, 5.41) is 2.73. The first-order valence-electron chi connectivity index (χ1n) is 9.11. The summed E-state index contributed by atoms with van der Waals surface area (Å²) in [5.74, 6) is -0.132. The second-order valence-electron chi connectivity index (χ2n) is 7.11. The Labute approximate surface area is 160 Å². The van der Waals surface area contributed by atoms with E-state index < -0.39 is 10.0 Å². The van der Waals surface area contributed by atoms with Crippen molar-refractivity contribution in [3.63, 3.8) is 0 Å². The van der Waals surface area contributed by atoms with Gasteiger partial charge in [-0.05, 0) is 31.0 Å². The molecule has 0 saturated carbocycles. The van der Waals surface area contributed by atoms with Gasteiger partial charge in [0.2, 0.25) is 21.8 Å². The zero-order valence-electron chi connectivity index (χ0n) is 15.8. The molecule has 0 unspecified atom stereocenters. The lowest BCUT2D eigenvalue weighted by Gasteiger charge is -2.35. The van der Waals surface area contributed by atoms with E-state index in [1.54, 1.807) is 17.9 Å². The number of carbonyl (C=O) groups is 2. The van der Waals surface area contributed by atoms with E-state index in [4.69, 9.17) is 0 Å². The Hall–Kier alpha value is -1.97. The average Bonchev–Trinajstić information content (AvgIpc) is 2.63. The van der Waals surface area contributed by atoms with Crippen molar-refractivity contribution in [3.8, 4) is 0 Å². The maximum Gasteiger partial charge on any atom is 0.243 e. The Morgan fingerprint density at radius 2 is 1.81 bits per heavy atom. The van der Waals surface area contributed by atoms with Gasteiger partial charge in [0, 0.05) is 39.3 Å². The Balaban J connectivity index is 1.60. The summed E-state index contributed by atoms with van der Waals surface area (Å²) in [6, 6.07) is 5.41.